The average molecular weight is 1230 g/mol. The molecule has 0 amide bonds. The third-order valence-electron chi connectivity index (χ3n) is 12.0. The van der Waals surface area contributed by atoms with Crippen LogP contribution in [0.3, 0.4) is 0 Å². The standard InChI is InChI=1S/C67H108O16P2/c1-4-7-10-13-16-19-22-25-27-29-30-32-34-36-38-41-44-47-50-53-65(70)77-56-62(68)57-79-84(73,74)80-58-63(69)59-81-85(75,76)82-61-64(83-67(72)55-52-49-46-43-40-35-24-21-18-15-12-9-6-3)60-78-66(71)54-51-48-45-42-39-37-33-31-28-26-23-20-17-14-11-8-5-2/h7-8,10-11,16-17,19-21,24-28,30,32-33,36-38,42,44-45,47,62-64,68-69H,4-6,9,12-15,18,22-23,29,31,34-35,39-41,43,46,48-61H2,1-3H3,(H,73,74)(H,75,76)/b10-7-,11-8-,19-16-,20-17-,24-21-,27-25-,28-26-,32-30-,37-33-,38-36-,45-42-,47-44-. The van der Waals surface area contributed by atoms with E-state index in [0.717, 1.165) is 103 Å². The Kier molecular flexibility index (Phi) is 56.5. The van der Waals surface area contributed by atoms with E-state index >= 15 is 0 Å². The molecule has 0 rings (SSSR count). The van der Waals surface area contributed by atoms with Crippen LogP contribution in [-0.4, -0.2) is 95.9 Å². The molecular formula is C67H108O16P2. The lowest BCUT2D eigenvalue weighted by atomic mass is 10.1. The fraction of sp³-hybridized carbons (Fsp3) is 0.597. The molecule has 16 nitrogen and oxygen atoms in total. The number of allylic oxidation sites excluding steroid dienone is 24. The maximum Gasteiger partial charge on any atom is 0.472 e. The summed E-state index contributed by atoms with van der Waals surface area (Å²) in [5.74, 6) is -1.75. The number of aliphatic hydroxyl groups is 2. The molecule has 5 unspecified atom stereocenters. The molecule has 18 heteroatoms. The molecule has 0 saturated carbocycles. The van der Waals surface area contributed by atoms with Gasteiger partial charge in [0.15, 0.2) is 6.10 Å². The van der Waals surface area contributed by atoms with Gasteiger partial charge in [0.1, 0.15) is 25.4 Å². The summed E-state index contributed by atoms with van der Waals surface area (Å²) in [6, 6.07) is 0. The predicted octanol–water partition coefficient (Wildman–Crippen LogP) is 16.6. The van der Waals surface area contributed by atoms with E-state index in [1.807, 2.05) is 30.4 Å². The van der Waals surface area contributed by atoms with Crippen molar-refractivity contribution in [2.75, 3.05) is 39.6 Å². The van der Waals surface area contributed by atoms with Gasteiger partial charge in [0.25, 0.3) is 0 Å². The van der Waals surface area contributed by atoms with Crippen LogP contribution in [0.1, 0.15) is 201 Å². The minimum atomic E-state index is -4.94. The Morgan fingerprint density at radius 1 is 0.341 bits per heavy atom. The molecule has 85 heavy (non-hydrogen) atoms. The summed E-state index contributed by atoms with van der Waals surface area (Å²) in [4.78, 5) is 58.1. The second kappa shape index (κ2) is 59.7. The smallest absolute Gasteiger partial charge is 0.463 e. The van der Waals surface area contributed by atoms with Gasteiger partial charge in [-0.25, -0.2) is 9.13 Å². The number of hydrogen-bond donors (Lipinski definition) is 4. The number of aliphatic hydroxyl groups excluding tert-OH is 2. The Morgan fingerprint density at radius 3 is 1.11 bits per heavy atom. The van der Waals surface area contributed by atoms with Gasteiger partial charge in [-0.05, 0) is 122 Å². The van der Waals surface area contributed by atoms with Crippen molar-refractivity contribution in [1.29, 1.82) is 0 Å². The van der Waals surface area contributed by atoms with E-state index in [2.05, 4.69) is 136 Å². The summed E-state index contributed by atoms with van der Waals surface area (Å²) in [7, 11) is -9.81. The molecule has 0 radical (unpaired) electrons. The highest BCUT2D eigenvalue weighted by atomic mass is 31.2. The molecule has 0 aliphatic rings. The van der Waals surface area contributed by atoms with E-state index in [4.69, 9.17) is 32.3 Å². The van der Waals surface area contributed by atoms with Crippen molar-refractivity contribution < 1.29 is 75.8 Å². The van der Waals surface area contributed by atoms with Gasteiger partial charge in [-0.3, -0.25) is 32.5 Å². The molecule has 0 spiro atoms. The quantitative estimate of drug-likeness (QED) is 0.0146. The number of rotatable bonds is 57. The summed E-state index contributed by atoms with van der Waals surface area (Å²) in [6.07, 6.45) is 69.4. The highest BCUT2D eigenvalue weighted by molar-refractivity contribution is 7.47. The Bertz CT molecular complexity index is 2130. The van der Waals surface area contributed by atoms with E-state index < -0.39 is 91.5 Å². The lowest BCUT2D eigenvalue weighted by molar-refractivity contribution is -0.161. The van der Waals surface area contributed by atoms with Crippen molar-refractivity contribution in [2.24, 2.45) is 0 Å². The van der Waals surface area contributed by atoms with Gasteiger partial charge in [-0.1, -0.05) is 205 Å². The minimum absolute atomic E-state index is 0.0543. The summed E-state index contributed by atoms with van der Waals surface area (Å²) < 4.78 is 60.5. The molecule has 4 N–H and O–H groups in total. The lowest BCUT2D eigenvalue weighted by Gasteiger charge is -2.21. The van der Waals surface area contributed by atoms with Crippen molar-refractivity contribution in [3.05, 3.63) is 146 Å². The zero-order chi connectivity index (χ0) is 62.4. The number of esters is 3. The number of hydrogen-bond acceptors (Lipinski definition) is 14. The van der Waals surface area contributed by atoms with E-state index in [9.17, 15) is 43.5 Å². The number of carbonyl (C=O) groups excluding carboxylic acids is 3. The van der Waals surface area contributed by atoms with Crippen LogP contribution >= 0.6 is 15.6 Å². The molecule has 0 aliphatic carbocycles. The van der Waals surface area contributed by atoms with Crippen molar-refractivity contribution in [3.63, 3.8) is 0 Å². The van der Waals surface area contributed by atoms with Crippen LogP contribution in [0.5, 0.6) is 0 Å². The normalized spacial score (nSPS) is 15.3. The van der Waals surface area contributed by atoms with Crippen molar-refractivity contribution >= 4 is 33.6 Å². The van der Waals surface area contributed by atoms with Gasteiger partial charge in [-0.2, -0.15) is 0 Å². The van der Waals surface area contributed by atoms with Crippen LogP contribution in [0.2, 0.25) is 0 Å². The summed E-state index contributed by atoms with van der Waals surface area (Å²) in [5, 5.41) is 20.5. The van der Waals surface area contributed by atoms with Gasteiger partial charge >= 0.3 is 33.6 Å². The highest BCUT2D eigenvalue weighted by Crippen LogP contribution is 2.45. The van der Waals surface area contributed by atoms with Crippen molar-refractivity contribution in [2.45, 2.75) is 219 Å². The van der Waals surface area contributed by atoms with Crippen LogP contribution in [0.4, 0.5) is 0 Å². The molecule has 0 heterocycles. The van der Waals surface area contributed by atoms with Gasteiger partial charge < -0.3 is 34.2 Å². The number of carbonyl (C=O) groups is 3. The first-order chi connectivity index (χ1) is 41.2. The predicted molar refractivity (Wildman–Crippen MR) is 343 cm³/mol. The Morgan fingerprint density at radius 2 is 0.659 bits per heavy atom. The molecular weight excluding hydrogens is 1120 g/mol. The van der Waals surface area contributed by atoms with Crippen LogP contribution in [0, 0.1) is 0 Å². The summed E-state index contributed by atoms with van der Waals surface area (Å²) in [5.41, 5.74) is 0. The van der Waals surface area contributed by atoms with Crippen LogP contribution in [0.25, 0.3) is 0 Å². The summed E-state index contributed by atoms with van der Waals surface area (Å²) >= 11 is 0. The molecule has 0 aromatic heterocycles. The number of phosphoric ester groups is 2. The second-order valence-corrected chi connectivity index (χ2v) is 23.0. The van der Waals surface area contributed by atoms with Gasteiger partial charge in [0.05, 0.1) is 26.4 Å². The fourth-order valence-corrected chi connectivity index (χ4v) is 8.91. The van der Waals surface area contributed by atoms with E-state index in [0.29, 0.717) is 32.1 Å². The molecule has 0 aromatic carbocycles. The molecule has 0 saturated heterocycles. The first-order valence-electron chi connectivity index (χ1n) is 31.1. The minimum Gasteiger partial charge on any atom is -0.463 e. The number of unbranched alkanes of at least 4 members (excludes halogenated alkanes) is 10. The van der Waals surface area contributed by atoms with Crippen LogP contribution in [0.15, 0.2) is 146 Å². The summed E-state index contributed by atoms with van der Waals surface area (Å²) in [6.45, 7) is 2.20. The van der Waals surface area contributed by atoms with E-state index in [1.165, 1.54) is 25.7 Å². The van der Waals surface area contributed by atoms with Crippen molar-refractivity contribution in [1.82, 2.24) is 0 Å². The molecule has 0 fully saturated rings. The molecule has 0 bridgehead atoms. The molecule has 0 aromatic rings. The van der Waals surface area contributed by atoms with Gasteiger partial charge in [0.2, 0.25) is 0 Å². The monoisotopic (exact) mass is 1230 g/mol. The van der Waals surface area contributed by atoms with Gasteiger partial charge in [-0.15, -0.1) is 0 Å². The largest absolute Gasteiger partial charge is 0.472 e. The SMILES string of the molecule is CC/C=C\C/C=C\C/C=C\C/C=C\C/C=C\C/C=C\CCC(=O)OCC(O)COP(=O)(O)OCC(O)COP(=O)(O)OCC(COC(=O)CCC/C=C\C/C=C\C/C=C\C/C=C\C/C=C\CC)OC(=O)CCCCCCC/C=C\CCCCCC. The molecule has 482 valence electrons. The first-order valence-corrected chi connectivity index (χ1v) is 34.1. The second-order valence-electron chi connectivity index (χ2n) is 20.1. The third kappa shape index (κ3) is 60.9. The highest BCUT2D eigenvalue weighted by Gasteiger charge is 2.29. The topological polar surface area (TPSA) is 231 Å². The molecule has 5 atom stereocenters. The van der Waals surface area contributed by atoms with E-state index in [-0.39, 0.29) is 19.3 Å². The average Bonchev–Trinajstić information content (AvgIpc) is 3.51. The maximum absolute atomic E-state index is 12.9. The maximum atomic E-state index is 12.9. The first kappa shape index (κ1) is 80.4. The lowest BCUT2D eigenvalue weighted by Crippen LogP contribution is -2.30. The van der Waals surface area contributed by atoms with E-state index in [1.54, 1.807) is 0 Å². The zero-order valence-electron chi connectivity index (χ0n) is 51.7. The van der Waals surface area contributed by atoms with Crippen LogP contribution < -0.4 is 0 Å². The number of phosphoric acid groups is 2. The molecule has 0 aliphatic heterocycles. The van der Waals surface area contributed by atoms with Crippen molar-refractivity contribution in [3.8, 4) is 0 Å². The van der Waals surface area contributed by atoms with Gasteiger partial charge in [0, 0.05) is 19.3 Å². The number of ether oxygens (including phenoxy) is 3. The Labute approximate surface area is 511 Å². The van der Waals surface area contributed by atoms with Crippen LogP contribution in [-0.2, 0) is 55.8 Å². The zero-order valence-corrected chi connectivity index (χ0v) is 53.5. The fourth-order valence-electron chi connectivity index (χ4n) is 7.33. The Balaban J connectivity index is 4.80. The Hall–Kier alpha value is -4.57. The third-order valence-corrected chi connectivity index (χ3v) is 13.9.